The number of alkyl halides is 4. The van der Waals surface area contributed by atoms with Gasteiger partial charge in [0.1, 0.15) is 5.38 Å². The number of carbonyl (C=O) groups is 1. The van der Waals surface area contributed by atoms with Crippen molar-refractivity contribution in [2.45, 2.75) is 44.3 Å². The van der Waals surface area contributed by atoms with Gasteiger partial charge in [-0.15, -0.1) is 11.6 Å². The molecule has 0 aromatic rings. The van der Waals surface area contributed by atoms with E-state index in [9.17, 15) is 18.0 Å². The lowest BCUT2D eigenvalue weighted by Gasteiger charge is -2.43. The second kappa shape index (κ2) is 4.09. The van der Waals surface area contributed by atoms with Gasteiger partial charge in [0.05, 0.1) is 5.92 Å². The quantitative estimate of drug-likeness (QED) is 0.611. The number of halogens is 4. The third-order valence-corrected chi connectivity index (χ3v) is 3.07. The molecule has 0 bridgehead atoms. The molecule has 1 saturated heterocycles. The van der Waals surface area contributed by atoms with E-state index in [-0.39, 0.29) is 13.0 Å². The summed E-state index contributed by atoms with van der Waals surface area (Å²) in [5, 5.41) is -1.07. The van der Waals surface area contributed by atoms with Crippen LogP contribution < -0.4 is 0 Å². The lowest BCUT2D eigenvalue weighted by molar-refractivity contribution is -0.192. The molecule has 94 valence electrons. The summed E-state index contributed by atoms with van der Waals surface area (Å²) >= 11 is 5.68. The number of hydrogen-bond donors (Lipinski definition) is 0. The van der Waals surface area contributed by atoms with E-state index in [1.54, 1.807) is 20.8 Å². The summed E-state index contributed by atoms with van der Waals surface area (Å²) in [6.07, 6.45) is -4.62. The fraction of sp³-hybridized carbons (Fsp3) is 0.900. The molecule has 2 atom stereocenters. The number of nitrogens with zero attached hydrogens (tertiary/aromatic N) is 1. The standard InChI is InChI=1S/C10H15ClF3NO/c1-9(2,3)15-5-6(10(12,13)14)4-7(11)8(15)16/h6-7H,4-5H2,1-3H3. The van der Waals surface area contributed by atoms with E-state index < -0.39 is 28.9 Å². The van der Waals surface area contributed by atoms with E-state index in [4.69, 9.17) is 11.6 Å². The van der Waals surface area contributed by atoms with Gasteiger partial charge >= 0.3 is 6.18 Å². The van der Waals surface area contributed by atoms with Crippen molar-refractivity contribution < 1.29 is 18.0 Å². The molecular formula is C10H15ClF3NO. The number of rotatable bonds is 0. The monoisotopic (exact) mass is 257 g/mol. The van der Waals surface area contributed by atoms with Crippen molar-refractivity contribution in [1.82, 2.24) is 4.90 Å². The Hall–Kier alpha value is -0.450. The summed E-state index contributed by atoms with van der Waals surface area (Å²) in [6.45, 7) is 4.81. The maximum atomic E-state index is 12.6. The minimum absolute atomic E-state index is 0.297. The second-order valence-corrected chi connectivity index (χ2v) is 5.59. The van der Waals surface area contributed by atoms with Crippen molar-refractivity contribution in [3.05, 3.63) is 0 Å². The summed E-state index contributed by atoms with van der Waals surface area (Å²) in [7, 11) is 0. The first-order valence-corrected chi connectivity index (χ1v) is 5.49. The maximum Gasteiger partial charge on any atom is 0.393 e. The highest BCUT2D eigenvalue weighted by molar-refractivity contribution is 6.30. The summed E-state index contributed by atoms with van der Waals surface area (Å²) < 4.78 is 37.8. The fourth-order valence-corrected chi connectivity index (χ4v) is 2.08. The minimum Gasteiger partial charge on any atom is -0.336 e. The summed E-state index contributed by atoms with van der Waals surface area (Å²) in [4.78, 5) is 12.9. The van der Waals surface area contributed by atoms with Crippen molar-refractivity contribution in [3.63, 3.8) is 0 Å². The van der Waals surface area contributed by atoms with Crippen LogP contribution in [-0.4, -0.2) is 34.4 Å². The molecule has 2 unspecified atom stereocenters. The SMILES string of the molecule is CC(C)(C)N1CC(C(F)(F)F)CC(Cl)C1=O. The Kier molecular flexibility index (Phi) is 3.48. The van der Waals surface area contributed by atoms with Gasteiger partial charge in [-0.2, -0.15) is 13.2 Å². The minimum atomic E-state index is -4.29. The lowest BCUT2D eigenvalue weighted by atomic mass is 9.92. The second-order valence-electron chi connectivity index (χ2n) is 5.06. The average Bonchev–Trinajstić information content (AvgIpc) is 2.05. The molecule has 1 heterocycles. The van der Waals surface area contributed by atoms with Crippen LogP contribution in [0.25, 0.3) is 0 Å². The number of likely N-dealkylation sites (tertiary alicyclic amines) is 1. The van der Waals surface area contributed by atoms with Gasteiger partial charge in [-0.25, -0.2) is 0 Å². The Bertz CT molecular complexity index is 285. The molecule has 1 rings (SSSR count). The topological polar surface area (TPSA) is 20.3 Å². The third kappa shape index (κ3) is 2.81. The van der Waals surface area contributed by atoms with E-state index in [0.29, 0.717) is 0 Å². The van der Waals surface area contributed by atoms with Crippen molar-refractivity contribution in [2.24, 2.45) is 5.92 Å². The van der Waals surface area contributed by atoms with Crippen molar-refractivity contribution >= 4 is 17.5 Å². The van der Waals surface area contributed by atoms with E-state index in [1.807, 2.05) is 0 Å². The van der Waals surface area contributed by atoms with Gasteiger partial charge in [0.15, 0.2) is 0 Å². The van der Waals surface area contributed by atoms with Gasteiger partial charge in [0.2, 0.25) is 5.91 Å². The zero-order chi connectivity index (χ0) is 12.7. The summed E-state index contributed by atoms with van der Waals surface area (Å²) in [6, 6.07) is 0. The average molecular weight is 258 g/mol. The van der Waals surface area contributed by atoms with E-state index >= 15 is 0 Å². The Morgan fingerprint density at radius 2 is 1.81 bits per heavy atom. The molecule has 0 aliphatic carbocycles. The summed E-state index contributed by atoms with van der Waals surface area (Å²) in [5.41, 5.74) is -0.631. The normalized spacial score (nSPS) is 28.4. The van der Waals surface area contributed by atoms with Crippen LogP contribution >= 0.6 is 11.6 Å². The van der Waals surface area contributed by atoms with Crippen LogP contribution in [0, 0.1) is 5.92 Å². The lowest BCUT2D eigenvalue weighted by Crippen LogP contribution is -2.56. The van der Waals surface area contributed by atoms with Gasteiger partial charge < -0.3 is 4.90 Å². The molecule has 1 aliphatic heterocycles. The van der Waals surface area contributed by atoms with Crippen LogP contribution in [0.1, 0.15) is 27.2 Å². The van der Waals surface area contributed by atoms with Gasteiger partial charge in [-0.05, 0) is 27.2 Å². The molecule has 0 aromatic heterocycles. The molecule has 0 saturated carbocycles. The number of carbonyl (C=O) groups excluding carboxylic acids is 1. The molecular weight excluding hydrogens is 243 g/mol. The first-order chi connectivity index (χ1) is 7.03. The van der Waals surface area contributed by atoms with E-state index in [2.05, 4.69) is 0 Å². The number of amides is 1. The largest absolute Gasteiger partial charge is 0.393 e. The van der Waals surface area contributed by atoms with Crippen LogP contribution in [-0.2, 0) is 4.79 Å². The molecule has 0 N–H and O–H groups in total. The van der Waals surface area contributed by atoms with Crippen LogP contribution in [0.2, 0.25) is 0 Å². The maximum absolute atomic E-state index is 12.6. The Labute approximate surface area is 97.7 Å². The Morgan fingerprint density at radius 3 is 2.19 bits per heavy atom. The van der Waals surface area contributed by atoms with Crippen molar-refractivity contribution in [3.8, 4) is 0 Å². The molecule has 2 nitrogen and oxygen atoms in total. The van der Waals surface area contributed by atoms with Crippen molar-refractivity contribution in [2.75, 3.05) is 6.54 Å². The van der Waals surface area contributed by atoms with E-state index in [1.165, 1.54) is 4.90 Å². The van der Waals surface area contributed by atoms with Crippen LogP contribution in [0.4, 0.5) is 13.2 Å². The zero-order valence-electron chi connectivity index (χ0n) is 9.44. The molecule has 6 heteroatoms. The molecule has 16 heavy (non-hydrogen) atoms. The van der Waals surface area contributed by atoms with E-state index in [0.717, 1.165) is 0 Å². The van der Waals surface area contributed by atoms with Gasteiger partial charge in [0, 0.05) is 12.1 Å². The first kappa shape index (κ1) is 13.6. The predicted molar refractivity (Wildman–Crippen MR) is 55.3 cm³/mol. The molecule has 1 fully saturated rings. The van der Waals surface area contributed by atoms with Crippen LogP contribution in [0.15, 0.2) is 0 Å². The van der Waals surface area contributed by atoms with Crippen LogP contribution in [0.5, 0.6) is 0 Å². The Morgan fingerprint density at radius 1 is 1.31 bits per heavy atom. The van der Waals surface area contributed by atoms with Crippen molar-refractivity contribution in [1.29, 1.82) is 0 Å². The highest BCUT2D eigenvalue weighted by Crippen LogP contribution is 2.37. The zero-order valence-corrected chi connectivity index (χ0v) is 10.2. The summed E-state index contributed by atoms with van der Waals surface area (Å²) in [5.74, 6) is -1.93. The molecule has 0 spiro atoms. The number of hydrogen-bond acceptors (Lipinski definition) is 1. The van der Waals surface area contributed by atoms with Gasteiger partial charge in [-0.3, -0.25) is 4.79 Å². The predicted octanol–water partition coefficient (Wildman–Crippen LogP) is 2.80. The third-order valence-electron chi connectivity index (χ3n) is 2.70. The molecule has 0 radical (unpaired) electrons. The van der Waals surface area contributed by atoms with Gasteiger partial charge in [-0.1, -0.05) is 0 Å². The fourth-order valence-electron chi connectivity index (χ4n) is 1.75. The highest BCUT2D eigenvalue weighted by atomic mass is 35.5. The van der Waals surface area contributed by atoms with Crippen LogP contribution in [0.3, 0.4) is 0 Å². The highest BCUT2D eigenvalue weighted by Gasteiger charge is 2.48. The Balaban J connectivity index is 2.90. The smallest absolute Gasteiger partial charge is 0.336 e. The number of piperidine rings is 1. The van der Waals surface area contributed by atoms with Gasteiger partial charge in [0.25, 0.3) is 0 Å². The molecule has 0 aromatic carbocycles. The molecule has 1 amide bonds. The molecule has 1 aliphatic rings. The first-order valence-electron chi connectivity index (χ1n) is 5.05.